The lowest BCUT2D eigenvalue weighted by molar-refractivity contribution is -0.142. The minimum atomic E-state index is -1.21. The third kappa shape index (κ3) is 1.75. The van der Waals surface area contributed by atoms with Crippen LogP contribution in [0.1, 0.15) is 30.8 Å². The van der Waals surface area contributed by atoms with E-state index in [9.17, 15) is 14.4 Å². The van der Waals surface area contributed by atoms with E-state index in [0.717, 1.165) is 5.56 Å². The number of nitrogens with one attached hydrogen (secondary N) is 2. The highest BCUT2D eigenvalue weighted by Gasteiger charge is 2.69. The molecule has 1 saturated heterocycles. The van der Waals surface area contributed by atoms with Gasteiger partial charge in [-0.05, 0) is 49.2 Å². The summed E-state index contributed by atoms with van der Waals surface area (Å²) in [6.07, 6.45) is 0.168. The topological polar surface area (TPSA) is 93.1 Å². The van der Waals surface area contributed by atoms with Crippen LogP contribution in [0.4, 0.5) is 5.69 Å². The van der Waals surface area contributed by atoms with Gasteiger partial charge < -0.3 is 10.6 Å². The van der Waals surface area contributed by atoms with Gasteiger partial charge in [-0.15, -0.1) is 0 Å². The number of benzene rings is 2. The number of hydrogen-bond acceptors (Lipinski definition) is 4. The van der Waals surface area contributed by atoms with E-state index < -0.39 is 17.0 Å². The van der Waals surface area contributed by atoms with E-state index in [0.29, 0.717) is 27.4 Å². The maximum atomic E-state index is 13.4. The van der Waals surface area contributed by atoms with Crippen LogP contribution in [0.25, 0.3) is 10.9 Å². The Labute approximate surface area is 169 Å². The molecule has 2 N–H and O–H groups in total. The van der Waals surface area contributed by atoms with Crippen LogP contribution >= 0.6 is 11.6 Å². The van der Waals surface area contributed by atoms with Gasteiger partial charge in [0.05, 0.1) is 10.9 Å². The predicted octanol–water partition coefficient (Wildman–Crippen LogP) is 2.23. The Morgan fingerprint density at radius 2 is 1.97 bits per heavy atom. The van der Waals surface area contributed by atoms with Crippen molar-refractivity contribution in [3.05, 3.63) is 69.2 Å². The summed E-state index contributed by atoms with van der Waals surface area (Å²) in [7, 11) is 0. The second-order valence-corrected chi connectivity index (χ2v) is 8.45. The van der Waals surface area contributed by atoms with E-state index >= 15 is 0 Å². The number of halogens is 1. The molecule has 8 heteroatoms. The van der Waals surface area contributed by atoms with Crippen LogP contribution in [0.3, 0.4) is 0 Å². The minimum Gasteiger partial charge on any atom is -0.340 e. The number of fused-ring (bicyclic) bond motifs is 3. The Balaban J connectivity index is 1.74. The molecular formula is C21H15ClN4O3. The normalized spacial score (nSPS) is 29.0. The van der Waals surface area contributed by atoms with Crippen LogP contribution in [0.15, 0.2) is 47.3 Å². The fraction of sp³-hybridized carbons (Fsp3) is 0.238. The van der Waals surface area contributed by atoms with Crippen molar-refractivity contribution in [2.24, 2.45) is 0 Å². The molecule has 3 aromatic rings. The molecule has 144 valence electrons. The standard InChI is InChI=1S/C21H15ClN4O3/c1-20-18-23-13-5-3-2-4-11(13)17(28)26(18)15(16(27)25-20)9-21(20)12-8-10(22)6-7-14(12)24-19(21)29/h2-8,15H,9H2,1H3,(H,24,29)(H,25,27)/t15-,20-,21-/m0/s1. The largest absolute Gasteiger partial charge is 0.340 e. The number of rotatable bonds is 0. The number of carbonyl (C=O) groups excluding carboxylic acids is 2. The third-order valence-corrected chi connectivity index (χ3v) is 6.91. The highest BCUT2D eigenvalue weighted by molar-refractivity contribution is 6.31. The van der Waals surface area contributed by atoms with Gasteiger partial charge in [-0.3, -0.25) is 19.0 Å². The van der Waals surface area contributed by atoms with Crippen molar-refractivity contribution in [1.29, 1.82) is 0 Å². The summed E-state index contributed by atoms with van der Waals surface area (Å²) in [4.78, 5) is 44.2. The molecule has 4 aliphatic heterocycles. The molecule has 5 heterocycles. The summed E-state index contributed by atoms with van der Waals surface area (Å²) in [6, 6.07) is 11.4. The molecule has 0 saturated carbocycles. The number of anilines is 1. The first kappa shape index (κ1) is 16.7. The zero-order valence-electron chi connectivity index (χ0n) is 15.3. The van der Waals surface area contributed by atoms with Crippen LogP contribution in [-0.4, -0.2) is 21.4 Å². The van der Waals surface area contributed by atoms with E-state index in [4.69, 9.17) is 16.6 Å². The van der Waals surface area contributed by atoms with Gasteiger partial charge in [-0.2, -0.15) is 0 Å². The van der Waals surface area contributed by atoms with E-state index in [1.165, 1.54) is 4.57 Å². The lowest BCUT2D eigenvalue weighted by Gasteiger charge is -2.55. The van der Waals surface area contributed by atoms with Crippen LogP contribution in [0.2, 0.25) is 5.02 Å². The van der Waals surface area contributed by atoms with Gasteiger partial charge in [-0.1, -0.05) is 23.7 Å². The molecule has 4 aliphatic rings. The van der Waals surface area contributed by atoms with Crippen molar-refractivity contribution in [1.82, 2.24) is 14.9 Å². The smallest absolute Gasteiger partial charge is 0.262 e. The van der Waals surface area contributed by atoms with Crippen LogP contribution in [0, 0.1) is 0 Å². The summed E-state index contributed by atoms with van der Waals surface area (Å²) < 4.78 is 1.46. The Hall–Kier alpha value is -3.19. The predicted molar refractivity (Wildman–Crippen MR) is 107 cm³/mol. The number of carbonyl (C=O) groups is 2. The number of nitrogens with zero attached hydrogens (tertiary/aromatic N) is 2. The number of hydrogen-bond donors (Lipinski definition) is 2. The number of amides is 2. The molecule has 7 nitrogen and oxygen atoms in total. The molecule has 0 unspecified atom stereocenters. The molecule has 2 aromatic carbocycles. The molecule has 1 aromatic heterocycles. The molecule has 1 fully saturated rings. The molecule has 0 aliphatic carbocycles. The highest BCUT2D eigenvalue weighted by atomic mass is 35.5. The van der Waals surface area contributed by atoms with E-state index in [-0.39, 0.29) is 23.8 Å². The average Bonchev–Trinajstić information content (AvgIpc) is 2.96. The van der Waals surface area contributed by atoms with E-state index in [1.54, 1.807) is 49.4 Å². The van der Waals surface area contributed by atoms with Crippen LogP contribution in [-0.2, 0) is 20.5 Å². The quantitative estimate of drug-likeness (QED) is 0.598. The number of aromatic nitrogens is 2. The van der Waals surface area contributed by atoms with Crippen LogP contribution in [0.5, 0.6) is 0 Å². The zero-order valence-corrected chi connectivity index (χ0v) is 16.1. The Morgan fingerprint density at radius 3 is 2.79 bits per heavy atom. The minimum absolute atomic E-state index is 0.168. The average molecular weight is 407 g/mol. The van der Waals surface area contributed by atoms with Crippen molar-refractivity contribution in [2.75, 3.05) is 5.32 Å². The number of piperidine rings is 1. The van der Waals surface area contributed by atoms with Gasteiger partial charge in [0, 0.05) is 10.7 Å². The molecule has 0 radical (unpaired) electrons. The fourth-order valence-corrected chi connectivity index (χ4v) is 5.47. The molecule has 2 bridgehead atoms. The molecular weight excluding hydrogens is 392 g/mol. The summed E-state index contributed by atoms with van der Waals surface area (Å²) in [5.41, 5.74) is -0.661. The lowest BCUT2D eigenvalue weighted by Crippen LogP contribution is -2.72. The molecule has 3 atom stereocenters. The molecule has 1 spiro atoms. The first-order valence-electron chi connectivity index (χ1n) is 9.32. The monoisotopic (exact) mass is 406 g/mol. The zero-order chi connectivity index (χ0) is 20.1. The van der Waals surface area contributed by atoms with E-state index in [1.807, 2.05) is 0 Å². The van der Waals surface area contributed by atoms with Gasteiger partial charge in [0.1, 0.15) is 22.8 Å². The van der Waals surface area contributed by atoms with Crippen molar-refractivity contribution in [3.63, 3.8) is 0 Å². The van der Waals surface area contributed by atoms with Crippen molar-refractivity contribution in [2.45, 2.75) is 30.3 Å². The van der Waals surface area contributed by atoms with Gasteiger partial charge in [-0.25, -0.2) is 4.98 Å². The molecule has 2 amide bonds. The lowest BCUT2D eigenvalue weighted by atomic mass is 9.58. The molecule has 29 heavy (non-hydrogen) atoms. The first-order chi connectivity index (χ1) is 13.9. The maximum Gasteiger partial charge on any atom is 0.262 e. The Kier molecular flexibility index (Phi) is 2.91. The Bertz CT molecular complexity index is 1350. The Morgan fingerprint density at radius 1 is 1.17 bits per heavy atom. The molecule has 7 rings (SSSR count). The summed E-state index contributed by atoms with van der Waals surface area (Å²) in [5, 5.41) is 6.88. The third-order valence-electron chi connectivity index (χ3n) is 6.67. The number of para-hydroxylation sites is 1. The first-order valence-corrected chi connectivity index (χ1v) is 9.70. The van der Waals surface area contributed by atoms with Crippen molar-refractivity contribution in [3.8, 4) is 0 Å². The summed E-state index contributed by atoms with van der Waals surface area (Å²) in [5.74, 6) is -0.121. The van der Waals surface area contributed by atoms with Crippen molar-refractivity contribution >= 4 is 40.0 Å². The van der Waals surface area contributed by atoms with Gasteiger partial charge in [0.25, 0.3) is 5.56 Å². The second kappa shape index (κ2) is 5.04. The second-order valence-electron chi connectivity index (χ2n) is 8.01. The van der Waals surface area contributed by atoms with E-state index in [2.05, 4.69) is 10.6 Å². The van der Waals surface area contributed by atoms with Gasteiger partial charge in [0.2, 0.25) is 11.8 Å². The fourth-order valence-electron chi connectivity index (χ4n) is 5.30. The SMILES string of the molecule is C[C@@]12NC(=O)[C@H](C[C@]13C(=O)Nc1ccc(Cl)cc13)n1c2nc2ccccc2c1=O. The highest BCUT2D eigenvalue weighted by Crippen LogP contribution is 2.58. The van der Waals surface area contributed by atoms with Gasteiger partial charge >= 0.3 is 0 Å². The van der Waals surface area contributed by atoms with Crippen LogP contribution < -0.4 is 16.2 Å². The maximum absolute atomic E-state index is 13.4. The summed E-state index contributed by atoms with van der Waals surface area (Å²) in [6.45, 7) is 1.77. The summed E-state index contributed by atoms with van der Waals surface area (Å²) >= 11 is 6.26. The van der Waals surface area contributed by atoms with Gasteiger partial charge in [0.15, 0.2) is 0 Å². The van der Waals surface area contributed by atoms with Crippen molar-refractivity contribution < 1.29 is 9.59 Å².